The fourth-order valence-corrected chi connectivity index (χ4v) is 2.16. The van der Waals surface area contributed by atoms with Crippen molar-refractivity contribution in [3.63, 3.8) is 0 Å². The van der Waals surface area contributed by atoms with Crippen LogP contribution in [0.2, 0.25) is 0 Å². The second kappa shape index (κ2) is 4.79. The van der Waals surface area contributed by atoms with Crippen LogP contribution in [0.25, 0.3) is 0 Å². The number of alkyl halides is 3. The van der Waals surface area contributed by atoms with Crippen molar-refractivity contribution in [2.75, 3.05) is 0 Å². The van der Waals surface area contributed by atoms with Gasteiger partial charge in [0.2, 0.25) is 0 Å². The third-order valence-electron chi connectivity index (χ3n) is 1.82. The lowest BCUT2D eigenvalue weighted by Crippen LogP contribution is -2.18. The van der Waals surface area contributed by atoms with Gasteiger partial charge in [-0.1, -0.05) is 32.5 Å². The summed E-state index contributed by atoms with van der Waals surface area (Å²) in [5, 5.41) is 0.00447. The summed E-state index contributed by atoms with van der Waals surface area (Å²) >= 11 is 1.07. The number of primary amides is 1. The van der Waals surface area contributed by atoms with Crippen molar-refractivity contribution in [3.8, 4) is 0 Å². The van der Waals surface area contributed by atoms with E-state index in [4.69, 9.17) is 5.73 Å². The summed E-state index contributed by atoms with van der Waals surface area (Å²) < 4.78 is 37.3. The van der Waals surface area contributed by atoms with Gasteiger partial charge in [-0.15, -0.1) is 0 Å². The lowest BCUT2D eigenvalue weighted by atomic mass is 10.2. The minimum atomic E-state index is -4.54. The Morgan fingerprint density at radius 1 is 1.28 bits per heavy atom. The number of carbonyl (C=O) groups excluding carboxylic acids is 1. The molecule has 2 N–H and O–H groups in total. The topological polar surface area (TPSA) is 56.0 Å². The smallest absolute Gasteiger partial charge is 0.366 e. The molecule has 0 aliphatic carbocycles. The van der Waals surface area contributed by atoms with Gasteiger partial charge in [0.1, 0.15) is 10.7 Å². The van der Waals surface area contributed by atoms with E-state index in [0.717, 1.165) is 23.9 Å². The van der Waals surface area contributed by atoms with Crippen LogP contribution in [0.1, 0.15) is 36.8 Å². The Kier molecular flexibility index (Phi) is 3.95. The normalized spacial score (nSPS) is 12.6. The third kappa shape index (κ3) is 3.90. The Bertz CT molecular complexity index is 466. The summed E-state index contributed by atoms with van der Waals surface area (Å²) in [6, 6.07) is 1.82. The second-order valence-electron chi connectivity index (χ2n) is 4.63. The van der Waals surface area contributed by atoms with Gasteiger partial charge >= 0.3 is 6.18 Å². The van der Waals surface area contributed by atoms with E-state index in [2.05, 4.69) is 4.98 Å². The molecule has 0 unspecified atom stereocenters. The van der Waals surface area contributed by atoms with Crippen molar-refractivity contribution in [3.05, 3.63) is 23.4 Å². The van der Waals surface area contributed by atoms with E-state index >= 15 is 0 Å². The number of pyridine rings is 1. The van der Waals surface area contributed by atoms with E-state index in [1.54, 1.807) is 0 Å². The molecule has 1 rings (SSSR count). The molecule has 0 aromatic carbocycles. The first kappa shape index (κ1) is 14.8. The monoisotopic (exact) mass is 278 g/mol. The van der Waals surface area contributed by atoms with E-state index in [1.165, 1.54) is 0 Å². The second-order valence-corrected chi connectivity index (χ2v) is 6.44. The molecule has 0 saturated carbocycles. The zero-order chi connectivity index (χ0) is 14.1. The lowest BCUT2D eigenvalue weighted by molar-refractivity contribution is -0.141. The summed E-state index contributed by atoms with van der Waals surface area (Å²) in [7, 11) is 0. The molecule has 1 amide bonds. The van der Waals surface area contributed by atoms with Crippen molar-refractivity contribution in [2.24, 2.45) is 5.73 Å². The van der Waals surface area contributed by atoms with Crippen molar-refractivity contribution in [1.82, 2.24) is 4.98 Å². The molecule has 0 aliphatic rings. The van der Waals surface area contributed by atoms with Crippen molar-refractivity contribution in [2.45, 2.75) is 36.7 Å². The maximum Gasteiger partial charge on any atom is 0.433 e. The van der Waals surface area contributed by atoms with Crippen LogP contribution in [0.5, 0.6) is 0 Å². The molecular formula is C11H13F3N2OS. The van der Waals surface area contributed by atoms with Crippen molar-refractivity contribution >= 4 is 17.7 Å². The van der Waals surface area contributed by atoms with E-state index < -0.39 is 17.8 Å². The minimum absolute atomic E-state index is 0.00271. The van der Waals surface area contributed by atoms with Gasteiger partial charge in [-0.25, -0.2) is 4.98 Å². The van der Waals surface area contributed by atoms with Crippen LogP contribution in [0.3, 0.4) is 0 Å². The zero-order valence-corrected chi connectivity index (χ0v) is 10.9. The van der Waals surface area contributed by atoms with Gasteiger partial charge in [-0.05, 0) is 12.1 Å². The number of nitrogens with zero attached hydrogens (tertiary/aromatic N) is 1. The Hall–Kier alpha value is -1.24. The summed E-state index contributed by atoms with van der Waals surface area (Å²) in [6.07, 6.45) is -4.54. The molecule has 0 fully saturated rings. The van der Waals surface area contributed by atoms with E-state index in [-0.39, 0.29) is 15.3 Å². The summed E-state index contributed by atoms with van der Waals surface area (Å²) in [5.74, 6) is -0.789. The Morgan fingerprint density at radius 3 is 2.22 bits per heavy atom. The van der Waals surface area contributed by atoms with Gasteiger partial charge in [-0.3, -0.25) is 4.79 Å². The highest BCUT2D eigenvalue weighted by Gasteiger charge is 2.34. The van der Waals surface area contributed by atoms with Crippen LogP contribution in [0, 0.1) is 0 Å². The molecule has 1 aromatic rings. The van der Waals surface area contributed by atoms with E-state index in [1.807, 2.05) is 20.8 Å². The molecule has 0 spiro atoms. The summed E-state index contributed by atoms with van der Waals surface area (Å²) in [6.45, 7) is 5.43. The molecule has 0 aliphatic heterocycles. The molecule has 7 heteroatoms. The lowest BCUT2D eigenvalue weighted by Gasteiger charge is -2.19. The molecule has 1 heterocycles. The van der Waals surface area contributed by atoms with Crippen LogP contribution in [-0.2, 0) is 6.18 Å². The predicted molar refractivity (Wildman–Crippen MR) is 63.4 cm³/mol. The number of aromatic nitrogens is 1. The summed E-state index contributed by atoms with van der Waals surface area (Å²) in [5.41, 5.74) is 4.09. The molecule has 0 saturated heterocycles. The Balaban J connectivity index is 3.29. The number of amides is 1. The minimum Gasteiger partial charge on any atom is -0.366 e. The highest BCUT2D eigenvalue weighted by molar-refractivity contribution is 8.00. The van der Waals surface area contributed by atoms with Crippen LogP contribution < -0.4 is 5.73 Å². The molecule has 100 valence electrons. The fraction of sp³-hybridized carbons (Fsp3) is 0.455. The zero-order valence-electron chi connectivity index (χ0n) is 10.1. The standard InChI is InChI=1S/C11H13F3N2OS/c1-10(2,3)18-9-6(8(15)17)4-5-7(16-9)11(12,13)14/h4-5H,1-3H3,(H2,15,17). The van der Waals surface area contributed by atoms with Crippen LogP contribution in [0.4, 0.5) is 13.2 Å². The average Bonchev–Trinajstić information content (AvgIpc) is 2.12. The molecule has 0 atom stereocenters. The molecule has 18 heavy (non-hydrogen) atoms. The van der Waals surface area contributed by atoms with Crippen molar-refractivity contribution in [1.29, 1.82) is 0 Å². The maximum atomic E-state index is 12.5. The van der Waals surface area contributed by atoms with Crippen molar-refractivity contribution < 1.29 is 18.0 Å². The Labute approximate surface area is 107 Å². The molecule has 0 bridgehead atoms. The highest BCUT2D eigenvalue weighted by Crippen LogP contribution is 2.35. The largest absolute Gasteiger partial charge is 0.433 e. The van der Waals surface area contributed by atoms with Gasteiger partial charge in [-0.2, -0.15) is 13.2 Å². The number of rotatable bonds is 2. The number of hydrogen-bond donors (Lipinski definition) is 1. The summed E-state index contributed by atoms with van der Waals surface area (Å²) in [4.78, 5) is 14.6. The number of halogens is 3. The third-order valence-corrected chi connectivity index (χ3v) is 2.94. The molecular weight excluding hydrogens is 265 g/mol. The first-order valence-corrected chi connectivity index (χ1v) is 5.89. The first-order chi connectivity index (χ1) is 8.00. The van der Waals surface area contributed by atoms with Gasteiger partial charge < -0.3 is 5.73 Å². The van der Waals surface area contributed by atoms with Gasteiger partial charge in [0.15, 0.2) is 0 Å². The highest BCUT2D eigenvalue weighted by atomic mass is 32.2. The van der Waals surface area contributed by atoms with Crippen LogP contribution >= 0.6 is 11.8 Å². The first-order valence-electron chi connectivity index (χ1n) is 5.08. The predicted octanol–water partition coefficient (Wildman–Crippen LogP) is 3.09. The van der Waals surface area contributed by atoms with Gasteiger partial charge in [0.25, 0.3) is 5.91 Å². The van der Waals surface area contributed by atoms with E-state index in [9.17, 15) is 18.0 Å². The quantitative estimate of drug-likeness (QED) is 0.846. The number of hydrogen-bond acceptors (Lipinski definition) is 3. The van der Waals surface area contributed by atoms with E-state index in [0.29, 0.717) is 0 Å². The number of nitrogens with two attached hydrogens (primary N) is 1. The van der Waals surface area contributed by atoms with Gasteiger partial charge in [0.05, 0.1) is 5.56 Å². The fourth-order valence-electron chi connectivity index (χ4n) is 1.15. The van der Waals surface area contributed by atoms with Crippen LogP contribution in [-0.4, -0.2) is 15.6 Å². The molecule has 0 radical (unpaired) electrons. The number of thioether (sulfide) groups is 1. The SMILES string of the molecule is CC(C)(C)Sc1nc(C(F)(F)F)ccc1C(N)=O. The average molecular weight is 278 g/mol. The molecule has 1 aromatic heterocycles. The van der Waals surface area contributed by atoms with Crippen LogP contribution in [0.15, 0.2) is 17.2 Å². The van der Waals surface area contributed by atoms with Gasteiger partial charge in [0, 0.05) is 4.75 Å². The maximum absolute atomic E-state index is 12.5. The Morgan fingerprint density at radius 2 is 1.83 bits per heavy atom. The number of carbonyl (C=O) groups is 1. The molecule has 3 nitrogen and oxygen atoms in total.